The molecule has 38 heavy (non-hydrogen) atoms. The fourth-order valence-electron chi connectivity index (χ4n) is 4.55. The van der Waals surface area contributed by atoms with Crippen LogP contribution in [0.1, 0.15) is 23.4 Å². The summed E-state index contributed by atoms with van der Waals surface area (Å²) in [5, 5.41) is 14.4. The average Bonchev–Trinajstić information content (AvgIpc) is 3.63. The van der Waals surface area contributed by atoms with Gasteiger partial charge in [0.25, 0.3) is 5.91 Å². The van der Waals surface area contributed by atoms with E-state index in [1.807, 2.05) is 67.6 Å². The number of rotatable bonds is 6. The van der Waals surface area contributed by atoms with E-state index in [9.17, 15) is 4.79 Å². The molecule has 8 heteroatoms. The maximum Gasteiger partial charge on any atom is 0.255 e. The molecule has 3 N–H and O–H groups in total. The number of allylic oxidation sites excluding steroid dienone is 1. The van der Waals surface area contributed by atoms with Gasteiger partial charge in [0.15, 0.2) is 0 Å². The van der Waals surface area contributed by atoms with Gasteiger partial charge in [0.2, 0.25) is 0 Å². The Morgan fingerprint density at radius 3 is 2.58 bits per heavy atom. The van der Waals surface area contributed by atoms with Crippen molar-refractivity contribution in [1.29, 1.82) is 0 Å². The van der Waals surface area contributed by atoms with Crippen LogP contribution in [0.15, 0.2) is 107 Å². The minimum Gasteiger partial charge on any atom is -0.497 e. The highest BCUT2D eigenvalue weighted by Crippen LogP contribution is 2.39. The van der Waals surface area contributed by atoms with Crippen LogP contribution < -0.4 is 15.4 Å². The molecule has 0 bridgehead atoms. The van der Waals surface area contributed by atoms with Crippen LogP contribution in [0.25, 0.3) is 21.3 Å². The number of carbonyl (C=O) groups is 1. The third-order valence-electron chi connectivity index (χ3n) is 6.50. The van der Waals surface area contributed by atoms with Gasteiger partial charge in [-0.3, -0.25) is 14.9 Å². The number of hydrogen-bond donors (Lipinski definition) is 3. The van der Waals surface area contributed by atoms with Crippen LogP contribution in [0, 0.1) is 0 Å². The number of amidine groups is 1. The van der Waals surface area contributed by atoms with Crippen LogP contribution in [-0.2, 0) is 4.79 Å². The van der Waals surface area contributed by atoms with Gasteiger partial charge in [-0.1, -0.05) is 30.3 Å². The van der Waals surface area contributed by atoms with Gasteiger partial charge in [-0.25, -0.2) is 0 Å². The maximum absolute atomic E-state index is 13.7. The molecule has 5 aromatic rings. The first-order valence-electron chi connectivity index (χ1n) is 12.2. The van der Waals surface area contributed by atoms with Gasteiger partial charge in [0.05, 0.1) is 24.4 Å². The van der Waals surface area contributed by atoms with E-state index in [2.05, 4.69) is 45.1 Å². The largest absolute Gasteiger partial charge is 0.497 e. The van der Waals surface area contributed by atoms with E-state index in [1.54, 1.807) is 24.6 Å². The summed E-state index contributed by atoms with van der Waals surface area (Å²) in [5.74, 6) is 1.28. The van der Waals surface area contributed by atoms with Gasteiger partial charge in [0.1, 0.15) is 17.6 Å². The topological polar surface area (TPSA) is 91.4 Å². The van der Waals surface area contributed by atoms with Gasteiger partial charge >= 0.3 is 0 Å². The zero-order valence-electron chi connectivity index (χ0n) is 20.9. The minimum atomic E-state index is -0.464. The molecule has 0 fully saturated rings. The number of aromatic nitrogens is 2. The Labute approximate surface area is 223 Å². The Bertz CT molecular complexity index is 1680. The highest BCUT2D eigenvalue weighted by Gasteiger charge is 2.31. The third-order valence-corrected chi connectivity index (χ3v) is 7.69. The van der Waals surface area contributed by atoms with Crippen LogP contribution in [0.3, 0.4) is 0 Å². The number of carbonyl (C=O) groups excluding carboxylic acids is 1. The summed E-state index contributed by atoms with van der Waals surface area (Å²) < 4.78 is 5.31. The molecule has 7 nitrogen and oxygen atoms in total. The maximum atomic E-state index is 13.7. The summed E-state index contributed by atoms with van der Waals surface area (Å²) in [7, 11) is 1.64. The molecule has 2 aromatic heterocycles. The lowest BCUT2D eigenvalue weighted by Crippen LogP contribution is -2.33. The number of hydrogen-bond acceptors (Lipinski definition) is 6. The van der Waals surface area contributed by atoms with Crippen molar-refractivity contribution in [2.24, 2.45) is 4.99 Å². The van der Waals surface area contributed by atoms with Gasteiger partial charge in [0, 0.05) is 32.1 Å². The van der Waals surface area contributed by atoms with E-state index < -0.39 is 6.04 Å². The monoisotopic (exact) mass is 519 g/mol. The molecule has 0 saturated carbocycles. The number of aliphatic imine (C=N–C) groups is 1. The van der Waals surface area contributed by atoms with E-state index >= 15 is 0 Å². The van der Waals surface area contributed by atoms with E-state index in [1.165, 1.54) is 0 Å². The molecule has 3 heterocycles. The number of amides is 1. The number of fused-ring (bicyclic) bond motifs is 1. The molecule has 1 amide bonds. The van der Waals surface area contributed by atoms with Crippen molar-refractivity contribution in [3.8, 4) is 16.2 Å². The highest BCUT2D eigenvalue weighted by molar-refractivity contribution is 7.15. The molecule has 1 unspecified atom stereocenters. The first kappa shape index (κ1) is 23.7. The van der Waals surface area contributed by atoms with Gasteiger partial charge < -0.3 is 15.4 Å². The zero-order valence-corrected chi connectivity index (χ0v) is 21.7. The molecule has 0 saturated heterocycles. The lowest BCUT2D eigenvalue weighted by molar-refractivity contribution is -0.113. The van der Waals surface area contributed by atoms with Crippen molar-refractivity contribution in [1.82, 2.24) is 15.5 Å². The van der Waals surface area contributed by atoms with Crippen molar-refractivity contribution >= 4 is 39.7 Å². The lowest BCUT2D eigenvalue weighted by Gasteiger charge is -2.26. The van der Waals surface area contributed by atoms with Crippen LogP contribution in [0.4, 0.5) is 5.69 Å². The second kappa shape index (κ2) is 9.99. The van der Waals surface area contributed by atoms with Crippen molar-refractivity contribution < 1.29 is 9.53 Å². The fourth-order valence-corrected chi connectivity index (χ4v) is 5.61. The fraction of sp³-hybridized carbons (Fsp3) is 0.100. The van der Waals surface area contributed by atoms with E-state index in [-0.39, 0.29) is 5.91 Å². The number of nitrogens with zero attached hydrogens (tertiary/aromatic N) is 2. The molecule has 1 atom stereocenters. The number of benzene rings is 3. The number of methoxy groups -OCH3 is 1. The Morgan fingerprint density at radius 1 is 0.974 bits per heavy atom. The third kappa shape index (κ3) is 4.57. The molecule has 0 radical (unpaired) electrons. The molecular weight excluding hydrogens is 494 g/mol. The summed E-state index contributed by atoms with van der Waals surface area (Å²) >= 11 is 1.65. The number of anilines is 1. The zero-order chi connectivity index (χ0) is 26.1. The number of thiophene rings is 1. The normalized spacial score (nSPS) is 15.2. The second-order valence-electron chi connectivity index (χ2n) is 8.97. The minimum absolute atomic E-state index is 0.199. The van der Waals surface area contributed by atoms with Crippen molar-refractivity contribution in [3.63, 3.8) is 0 Å². The lowest BCUT2D eigenvalue weighted by atomic mass is 9.99. The highest BCUT2D eigenvalue weighted by atomic mass is 32.1. The van der Waals surface area contributed by atoms with E-state index in [0.717, 1.165) is 43.2 Å². The second-order valence-corrected chi connectivity index (χ2v) is 10.1. The number of H-pyrrole nitrogens is 1. The number of aromatic amines is 1. The summed E-state index contributed by atoms with van der Waals surface area (Å²) in [6, 6.07) is 27.3. The van der Waals surface area contributed by atoms with Crippen molar-refractivity contribution in [2.75, 3.05) is 12.4 Å². The molecule has 188 valence electrons. The molecule has 0 spiro atoms. The predicted molar refractivity (Wildman–Crippen MR) is 153 cm³/mol. The van der Waals surface area contributed by atoms with E-state index in [4.69, 9.17) is 9.73 Å². The Morgan fingerprint density at radius 2 is 1.79 bits per heavy atom. The average molecular weight is 520 g/mol. The van der Waals surface area contributed by atoms with Crippen molar-refractivity contribution in [2.45, 2.75) is 13.0 Å². The van der Waals surface area contributed by atoms with Crippen molar-refractivity contribution in [3.05, 3.63) is 113 Å². The van der Waals surface area contributed by atoms with Gasteiger partial charge in [-0.05, 0) is 67.1 Å². The van der Waals surface area contributed by atoms with Gasteiger partial charge in [-0.2, -0.15) is 5.10 Å². The summed E-state index contributed by atoms with van der Waals surface area (Å²) in [6.45, 7) is 1.92. The van der Waals surface area contributed by atoms with Crippen LogP contribution >= 0.6 is 11.3 Å². The predicted octanol–water partition coefficient (Wildman–Crippen LogP) is 6.30. The smallest absolute Gasteiger partial charge is 0.255 e. The number of ether oxygens (including phenoxy) is 1. The molecular formula is C30H25N5O2S. The number of nitrogens with one attached hydrogen (secondary N) is 3. The standard InChI is InChI=1S/C30H25N5O2S/c1-18-27(30(36)33-22-10-13-24-21(16-22)17-31-35-24)28(26-15-14-25(38-26)19-6-4-3-5-7-19)34-29(32-18)20-8-11-23(37-2)12-9-20/h3-17,28H,1-2H3,(H,31,35)(H,32,34)(H,33,36). The van der Waals surface area contributed by atoms with Crippen LogP contribution in [0.2, 0.25) is 0 Å². The molecule has 0 aliphatic carbocycles. The molecule has 1 aliphatic heterocycles. The Balaban J connectivity index is 1.37. The SMILES string of the molecule is COc1ccc(C2=NC(c3ccc(-c4ccccc4)s3)C(C(=O)Nc3ccc4[nH]ncc4c3)=C(C)N2)cc1. The molecule has 3 aromatic carbocycles. The Hall–Kier alpha value is -4.69. The summed E-state index contributed by atoms with van der Waals surface area (Å²) in [6.07, 6.45) is 1.74. The van der Waals surface area contributed by atoms with E-state index in [0.29, 0.717) is 17.1 Å². The summed E-state index contributed by atoms with van der Waals surface area (Å²) in [5.41, 5.74) is 5.00. The Kier molecular flexibility index (Phi) is 6.23. The first-order valence-corrected chi connectivity index (χ1v) is 13.0. The summed E-state index contributed by atoms with van der Waals surface area (Å²) in [4.78, 5) is 20.9. The molecule has 6 rings (SSSR count). The van der Waals surface area contributed by atoms with Gasteiger partial charge in [-0.15, -0.1) is 11.3 Å². The first-order chi connectivity index (χ1) is 18.6. The van der Waals surface area contributed by atoms with Crippen LogP contribution in [0.5, 0.6) is 5.75 Å². The quantitative estimate of drug-likeness (QED) is 0.245. The van der Waals surface area contributed by atoms with Crippen LogP contribution in [-0.4, -0.2) is 29.0 Å². The molecule has 1 aliphatic rings.